The molecule has 0 atom stereocenters. The van der Waals surface area contributed by atoms with E-state index in [4.69, 9.17) is 9.47 Å². The summed E-state index contributed by atoms with van der Waals surface area (Å²) in [7, 11) is 3.45. The van der Waals surface area contributed by atoms with Crippen LogP contribution in [0.5, 0.6) is 5.75 Å². The van der Waals surface area contributed by atoms with Gasteiger partial charge in [0.25, 0.3) is 0 Å². The number of hydrogen-bond acceptors (Lipinski definition) is 7. The first-order valence-corrected chi connectivity index (χ1v) is 13.6. The molecule has 3 aliphatic heterocycles. The Balaban J connectivity index is 1.25. The largest absolute Gasteiger partial charge is 0.452 e. The summed E-state index contributed by atoms with van der Waals surface area (Å²) in [4.78, 5) is 46.8. The maximum Gasteiger partial charge on any atom is 0.318 e. The molecule has 11 nitrogen and oxygen atoms in total. The van der Waals surface area contributed by atoms with Crippen LogP contribution in [0.4, 0.5) is 16.2 Å². The van der Waals surface area contributed by atoms with Gasteiger partial charge in [-0.25, -0.2) is 9.78 Å². The van der Waals surface area contributed by atoms with E-state index in [0.29, 0.717) is 43.3 Å². The summed E-state index contributed by atoms with van der Waals surface area (Å²) >= 11 is 0. The molecule has 0 aliphatic carbocycles. The topological polar surface area (TPSA) is 118 Å². The maximum absolute atomic E-state index is 13.3. The van der Waals surface area contributed by atoms with Gasteiger partial charge < -0.3 is 34.5 Å². The summed E-state index contributed by atoms with van der Waals surface area (Å²) in [6.45, 7) is 4.07. The Labute approximate surface area is 231 Å². The van der Waals surface area contributed by atoms with E-state index in [1.165, 1.54) is 7.05 Å². The van der Waals surface area contributed by atoms with Crippen molar-refractivity contribution in [2.24, 2.45) is 13.0 Å². The van der Waals surface area contributed by atoms with E-state index in [2.05, 4.69) is 20.5 Å². The van der Waals surface area contributed by atoms with E-state index in [9.17, 15) is 14.4 Å². The quantitative estimate of drug-likeness (QED) is 0.485. The molecular weight excluding hydrogens is 512 g/mol. The van der Waals surface area contributed by atoms with Crippen molar-refractivity contribution in [2.75, 3.05) is 56.7 Å². The highest BCUT2D eigenvalue weighted by Crippen LogP contribution is 2.37. The molecule has 3 amide bonds. The van der Waals surface area contributed by atoms with E-state index in [1.54, 1.807) is 30.5 Å². The maximum atomic E-state index is 13.3. The van der Waals surface area contributed by atoms with Gasteiger partial charge in [-0.1, -0.05) is 0 Å². The third-order valence-electron chi connectivity index (χ3n) is 7.81. The number of fused-ring (bicyclic) bond motifs is 2. The lowest BCUT2D eigenvalue weighted by Crippen LogP contribution is -2.46. The highest BCUT2D eigenvalue weighted by atomic mass is 16.5. The molecule has 2 fully saturated rings. The number of amides is 3. The van der Waals surface area contributed by atoms with E-state index in [-0.39, 0.29) is 29.4 Å². The Hall–Kier alpha value is -4.38. The van der Waals surface area contributed by atoms with Crippen LogP contribution in [-0.2, 0) is 16.6 Å². The minimum atomic E-state index is -0.368. The number of piperidine rings is 1. The molecule has 6 rings (SSSR count). The first kappa shape index (κ1) is 25.9. The van der Waals surface area contributed by atoms with Gasteiger partial charge in [-0.2, -0.15) is 0 Å². The fraction of sp³-hybridized carbons (Fsp3) is 0.379. The van der Waals surface area contributed by atoms with Gasteiger partial charge in [-0.3, -0.25) is 9.59 Å². The third-order valence-corrected chi connectivity index (χ3v) is 7.81. The van der Waals surface area contributed by atoms with Crippen molar-refractivity contribution in [3.05, 3.63) is 53.5 Å². The Morgan fingerprint density at radius 1 is 1.10 bits per heavy atom. The van der Waals surface area contributed by atoms with Crippen molar-refractivity contribution < 1.29 is 23.9 Å². The summed E-state index contributed by atoms with van der Waals surface area (Å²) < 4.78 is 13.3. The number of benzene rings is 1. The van der Waals surface area contributed by atoms with E-state index >= 15 is 0 Å². The molecule has 208 valence electrons. The second-order valence-electron chi connectivity index (χ2n) is 10.3. The predicted molar refractivity (Wildman–Crippen MR) is 151 cm³/mol. The molecular formula is C29H32N6O5. The van der Waals surface area contributed by atoms with Crippen LogP contribution in [0.1, 0.15) is 28.8 Å². The number of urea groups is 1. The molecule has 0 spiro atoms. The number of rotatable bonds is 4. The number of pyridine rings is 1. The summed E-state index contributed by atoms with van der Waals surface area (Å²) in [5.41, 5.74) is 3.55. The zero-order valence-electron chi connectivity index (χ0n) is 22.6. The number of aromatic nitrogens is 2. The fourth-order valence-electron chi connectivity index (χ4n) is 5.70. The van der Waals surface area contributed by atoms with Crippen LogP contribution in [0.25, 0.3) is 17.1 Å². The number of morpholine rings is 1. The number of Topliss-reactive ketones (excluding diaryl/α,β-unsaturated/α-hetero) is 1. The number of aryl methyl sites for hydroxylation is 1. The second-order valence-corrected chi connectivity index (χ2v) is 10.3. The molecule has 5 heterocycles. The molecule has 11 heteroatoms. The van der Waals surface area contributed by atoms with Gasteiger partial charge in [0.15, 0.2) is 5.76 Å². The lowest BCUT2D eigenvalue weighted by molar-refractivity contribution is -0.140. The average Bonchev–Trinajstić information content (AvgIpc) is 3.48. The SMILES string of the molecule is CNC(=O)Nc1ccc2c(c1)C(=O)/C(=C/c1cn(C)c3nccc(N4CCC(C(=O)N5CCOCC5)CC4)c13)O2. The van der Waals surface area contributed by atoms with Crippen LogP contribution in [0.15, 0.2) is 42.4 Å². The van der Waals surface area contributed by atoms with Crippen LogP contribution in [0.2, 0.25) is 0 Å². The molecule has 3 aromatic rings. The predicted octanol–water partition coefficient (Wildman–Crippen LogP) is 3.02. The summed E-state index contributed by atoms with van der Waals surface area (Å²) in [5, 5.41) is 6.11. The number of hydrogen-bond donors (Lipinski definition) is 2. The van der Waals surface area contributed by atoms with Gasteiger partial charge >= 0.3 is 6.03 Å². The molecule has 0 unspecified atom stereocenters. The summed E-state index contributed by atoms with van der Waals surface area (Å²) in [6.07, 6.45) is 7.07. The van der Waals surface area contributed by atoms with Crippen molar-refractivity contribution in [1.82, 2.24) is 19.8 Å². The molecule has 0 saturated carbocycles. The first-order chi connectivity index (χ1) is 19.4. The van der Waals surface area contributed by atoms with Crippen LogP contribution < -0.4 is 20.3 Å². The molecule has 3 aliphatic rings. The van der Waals surface area contributed by atoms with Gasteiger partial charge in [0, 0.05) is 80.9 Å². The Morgan fingerprint density at radius 2 is 1.88 bits per heavy atom. The number of ketones is 1. The number of carbonyl (C=O) groups excluding carboxylic acids is 3. The monoisotopic (exact) mass is 544 g/mol. The minimum Gasteiger partial charge on any atom is -0.452 e. The number of allylic oxidation sites excluding steroid dienone is 1. The van der Waals surface area contributed by atoms with Crippen LogP contribution in [0.3, 0.4) is 0 Å². The summed E-state index contributed by atoms with van der Waals surface area (Å²) in [6, 6.07) is 6.62. The highest BCUT2D eigenvalue weighted by Gasteiger charge is 2.31. The van der Waals surface area contributed by atoms with Crippen molar-refractivity contribution >= 4 is 46.2 Å². The number of nitrogens with zero attached hydrogens (tertiary/aromatic N) is 4. The van der Waals surface area contributed by atoms with Crippen molar-refractivity contribution in [2.45, 2.75) is 12.8 Å². The zero-order valence-corrected chi connectivity index (χ0v) is 22.6. The summed E-state index contributed by atoms with van der Waals surface area (Å²) in [5.74, 6) is 0.668. The molecule has 0 radical (unpaired) electrons. The molecule has 1 aromatic carbocycles. The van der Waals surface area contributed by atoms with E-state index < -0.39 is 0 Å². The number of nitrogens with one attached hydrogen (secondary N) is 2. The number of ether oxygens (including phenoxy) is 2. The normalized spacial score (nSPS) is 18.6. The van der Waals surface area contributed by atoms with Crippen molar-refractivity contribution in [3.63, 3.8) is 0 Å². The Kier molecular flexibility index (Phi) is 6.89. The van der Waals surface area contributed by atoms with Gasteiger partial charge in [0.2, 0.25) is 11.7 Å². The molecule has 2 aromatic heterocycles. The van der Waals surface area contributed by atoms with Gasteiger partial charge in [0.05, 0.1) is 18.8 Å². The second kappa shape index (κ2) is 10.6. The molecule has 0 bridgehead atoms. The Bertz CT molecular complexity index is 1510. The molecule has 40 heavy (non-hydrogen) atoms. The zero-order chi connectivity index (χ0) is 27.8. The number of anilines is 2. The minimum absolute atomic E-state index is 0.0230. The first-order valence-electron chi connectivity index (χ1n) is 13.6. The van der Waals surface area contributed by atoms with Crippen LogP contribution in [-0.4, -0.2) is 78.6 Å². The van der Waals surface area contributed by atoms with Crippen LogP contribution in [0, 0.1) is 5.92 Å². The average molecular weight is 545 g/mol. The van der Waals surface area contributed by atoms with E-state index in [0.717, 1.165) is 48.2 Å². The van der Waals surface area contributed by atoms with Gasteiger partial charge in [-0.15, -0.1) is 0 Å². The standard InChI is InChI=1S/C29H32N6O5/c1-30-29(38)32-20-3-4-23-21(16-20)26(36)24(40-23)15-19-17-33(2)27-25(19)22(5-8-31-27)34-9-6-18(7-10-34)28(37)35-11-13-39-14-12-35/h3-5,8,15-18H,6-7,9-14H2,1-2H3,(H2,30,32,38)/b24-15-. The Morgan fingerprint density at radius 3 is 2.62 bits per heavy atom. The van der Waals surface area contributed by atoms with E-state index in [1.807, 2.05) is 28.8 Å². The lowest BCUT2D eigenvalue weighted by atomic mass is 9.94. The number of carbonyl (C=O) groups is 3. The van der Waals surface area contributed by atoms with Crippen LogP contribution >= 0.6 is 0 Å². The fourth-order valence-corrected chi connectivity index (χ4v) is 5.70. The molecule has 2 saturated heterocycles. The van der Waals surface area contributed by atoms with Crippen molar-refractivity contribution in [3.8, 4) is 5.75 Å². The smallest absolute Gasteiger partial charge is 0.318 e. The third kappa shape index (κ3) is 4.77. The lowest BCUT2D eigenvalue weighted by Gasteiger charge is -2.36. The van der Waals surface area contributed by atoms with Gasteiger partial charge in [-0.05, 0) is 43.2 Å². The van der Waals surface area contributed by atoms with Gasteiger partial charge in [0.1, 0.15) is 11.4 Å². The molecule has 2 N–H and O–H groups in total. The highest BCUT2D eigenvalue weighted by molar-refractivity contribution is 6.16. The van der Waals surface area contributed by atoms with Crippen molar-refractivity contribution in [1.29, 1.82) is 0 Å².